The summed E-state index contributed by atoms with van der Waals surface area (Å²) in [5.74, 6) is -2.00. The lowest BCUT2D eigenvalue weighted by Crippen LogP contribution is -2.27. The molecule has 0 amide bonds. The summed E-state index contributed by atoms with van der Waals surface area (Å²) in [6.07, 6.45) is 1.19. The molecule has 2 rings (SSSR count). The van der Waals surface area contributed by atoms with E-state index in [0.29, 0.717) is 11.3 Å². The van der Waals surface area contributed by atoms with Gasteiger partial charge in [0.1, 0.15) is 4.90 Å². The molecule has 0 aliphatic heterocycles. The van der Waals surface area contributed by atoms with Crippen LogP contribution in [0.15, 0.2) is 29.3 Å². The fourth-order valence-electron chi connectivity index (χ4n) is 1.76. The number of aryl methyl sites for hydroxylation is 1. The zero-order valence-electron chi connectivity index (χ0n) is 10.8. The number of nitrogens with zero attached hydrogens (tertiary/aromatic N) is 1. The normalized spacial score (nSPS) is 13.4. The highest BCUT2D eigenvalue weighted by molar-refractivity contribution is 7.89. The van der Waals surface area contributed by atoms with Gasteiger partial charge in [0.25, 0.3) is 0 Å². The van der Waals surface area contributed by atoms with Crippen LogP contribution < -0.4 is 4.72 Å². The molecule has 1 heterocycles. The van der Waals surface area contributed by atoms with E-state index in [1.807, 2.05) is 0 Å². The largest absolute Gasteiger partial charge is 0.281 e. The van der Waals surface area contributed by atoms with Crippen LogP contribution in [-0.4, -0.2) is 18.6 Å². The number of benzene rings is 1. The van der Waals surface area contributed by atoms with Gasteiger partial charge in [0.15, 0.2) is 11.6 Å². The molecule has 0 fully saturated rings. The molecular weight excluding hydrogens is 288 g/mol. The van der Waals surface area contributed by atoms with Crippen molar-refractivity contribution in [2.75, 3.05) is 0 Å². The predicted octanol–water partition coefficient (Wildman–Crippen LogP) is 2.04. The summed E-state index contributed by atoms with van der Waals surface area (Å²) in [4.78, 5) is 0.0203. The summed E-state index contributed by atoms with van der Waals surface area (Å²) in [6, 6.07) is 2.54. The first-order chi connectivity index (χ1) is 9.31. The summed E-state index contributed by atoms with van der Waals surface area (Å²) >= 11 is 0. The number of nitrogens with one attached hydrogen (secondary N) is 2. The Kier molecular flexibility index (Phi) is 3.87. The van der Waals surface area contributed by atoms with Crippen LogP contribution in [0.5, 0.6) is 0 Å². The molecule has 1 aromatic carbocycles. The van der Waals surface area contributed by atoms with Crippen LogP contribution >= 0.6 is 0 Å². The Bertz CT molecular complexity index is 728. The standard InChI is InChI=1S/C12H13F2N3O2S/c1-7(9-3-4-10(13)11(14)5-9)17-20(18,19)12-6-15-16-8(12)2/h3-7,17H,1-2H3,(H,15,16). The molecule has 1 aromatic heterocycles. The summed E-state index contributed by atoms with van der Waals surface area (Å²) in [7, 11) is -3.78. The average molecular weight is 301 g/mol. The molecule has 0 spiro atoms. The summed E-state index contributed by atoms with van der Waals surface area (Å²) < 4.78 is 52.6. The molecule has 8 heteroatoms. The minimum Gasteiger partial charge on any atom is -0.281 e. The van der Waals surface area contributed by atoms with Gasteiger partial charge in [-0.25, -0.2) is 21.9 Å². The molecule has 1 unspecified atom stereocenters. The fraction of sp³-hybridized carbons (Fsp3) is 0.250. The highest BCUT2D eigenvalue weighted by atomic mass is 32.2. The van der Waals surface area contributed by atoms with Crippen LogP contribution in [0.2, 0.25) is 0 Å². The average Bonchev–Trinajstić information content (AvgIpc) is 2.79. The van der Waals surface area contributed by atoms with Gasteiger partial charge in [-0.05, 0) is 31.5 Å². The van der Waals surface area contributed by atoms with E-state index in [1.165, 1.54) is 12.3 Å². The Hall–Kier alpha value is -1.80. The first-order valence-corrected chi connectivity index (χ1v) is 7.27. The third-order valence-corrected chi connectivity index (χ3v) is 4.50. The van der Waals surface area contributed by atoms with Crippen molar-refractivity contribution in [3.05, 3.63) is 47.3 Å². The molecule has 0 aliphatic carbocycles. The first kappa shape index (κ1) is 14.6. The van der Waals surface area contributed by atoms with Gasteiger partial charge in [-0.2, -0.15) is 5.10 Å². The van der Waals surface area contributed by atoms with Crippen molar-refractivity contribution in [3.8, 4) is 0 Å². The topological polar surface area (TPSA) is 74.8 Å². The van der Waals surface area contributed by atoms with Crippen molar-refractivity contribution in [2.45, 2.75) is 24.8 Å². The van der Waals surface area contributed by atoms with E-state index < -0.39 is 27.7 Å². The van der Waals surface area contributed by atoms with Crippen molar-refractivity contribution in [2.24, 2.45) is 0 Å². The van der Waals surface area contributed by atoms with Gasteiger partial charge in [-0.15, -0.1) is 0 Å². The smallest absolute Gasteiger partial charge is 0.244 e. The fourth-order valence-corrected chi connectivity index (χ4v) is 3.13. The van der Waals surface area contributed by atoms with Crippen LogP contribution in [0.3, 0.4) is 0 Å². The Morgan fingerprint density at radius 3 is 2.55 bits per heavy atom. The van der Waals surface area contributed by atoms with Gasteiger partial charge in [-0.3, -0.25) is 5.10 Å². The predicted molar refractivity (Wildman–Crippen MR) is 68.4 cm³/mol. The second-order valence-electron chi connectivity index (χ2n) is 4.38. The van der Waals surface area contributed by atoms with Gasteiger partial charge >= 0.3 is 0 Å². The van der Waals surface area contributed by atoms with E-state index in [2.05, 4.69) is 14.9 Å². The van der Waals surface area contributed by atoms with Crippen LogP contribution in [0, 0.1) is 18.6 Å². The van der Waals surface area contributed by atoms with Crippen LogP contribution in [0.4, 0.5) is 8.78 Å². The van der Waals surface area contributed by atoms with E-state index in [9.17, 15) is 17.2 Å². The highest BCUT2D eigenvalue weighted by Crippen LogP contribution is 2.19. The number of sulfonamides is 1. The van der Waals surface area contributed by atoms with Crippen LogP contribution in [-0.2, 0) is 10.0 Å². The van der Waals surface area contributed by atoms with Crippen LogP contribution in [0.1, 0.15) is 24.2 Å². The van der Waals surface area contributed by atoms with Gasteiger partial charge in [0, 0.05) is 6.04 Å². The lowest BCUT2D eigenvalue weighted by atomic mass is 10.1. The molecule has 5 nitrogen and oxygen atoms in total. The Morgan fingerprint density at radius 2 is 2.00 bits per heavy atom. The number of hydrogen-bond donors (Lipinski definition) is 2. The lowest BCUT2D eigenvalue weighted by molar-refractivity contribution is 0.504. The molecular formula is C12H13F2N3O2S. The minimum absolute atomic E-state index is 0.0203. The summed E-state index contributed by atoms with van der Waals surface area (Å²) in [6.45, 7) is 3.11. The molecule has 0 aliphatic rings. The van der Waals surface area contributed by atoms with Crippen molar-refractivity contribution in [1.82, 2.24) is 14.9 Å². The second kappa shape index (κ2) is 5.29. The second-order valence-corrected chi connectivity index (χ2v) is 6.06. The number of hydrogen-bond acceptors (Lipinski definition) is 3. The number of rotatable bonds is 4. The Balaban J connectivity index is 2.25. The van der Waals surface area contributed by atoms with Gasteiger partial charge < -0.3 is 0 Å². The molecule has 108 valence electrons. The maximum Gasteiger partial charge on any atom is 0.244 e. The van der Waals surface area contributed by atoms with Gasteiger partial charge in [0.2, 0.25) is 10.0 Å². The van der Waals surface area contributed by atoms with E-state index in [1.54, 1.807) is 13.8 Å². The lowest BCUT2D eigenvalue weighted by Gasteiger charge is -2.14. The van der Waals surface area contributed by atoms with E-state index in [0.717, 1.165) is 12.1 Å². The molecule has 0 radical (unpaired) electrons. The minimum atomic E-state index is -3.78. The van der Waals surface area contributed by atoms with Crippen molar-refractivity contribution in [3.63, 3.8) is 0 Å². The van der Waals surface area contributed by atoms with Crippen molar-refractivity contribution < 1.29 is 17.2 Å². The maximum atomic E-state index is 13.1. The molecule has 0 saturated heterocycles. The van der Waals surface area contributed by atoms with E-state index in [-0.39, 0.29) is 4.90 Å². The van der Waals surface area contributed by atoms with E-state index >= 15 is 0 Å². The quantitative estimate of drug-likeness (QED) is 0.907. The number of aromatic nitrogens is 2. The molecule has 0 bridgehead atoms. The van der Waals surface area contributed by atoms with Crippen molar-refractivity contribution in [1.29, 1.82) is 0 Å². The van der Waals surface area contributed by atoms with Gasteiger partial charge in [-0.1, -0.05) is 6.07 Å². The van der Waals surface area contributed by atoms with E-state index in [4.69, 9.17) is 0 Å². The van der Waals surface area contributed by atoms with Crippen molar-refractivity contribution >= 4 is 10.0 Å². The summed E-state index contributed by atoms with van der Waals surface area (Å²) in [5.41, 5.74) is 0.726. The molecule has 0 saturated carbocycles. The SMILES string of the molecule is Cc1[nH]ncc1S(=O)(=O)NC(C)c1ccc(F)c(F)c1. The number of halogens is 2. The molecule has 1 atom stereocenters. The zero-order valence-corrected chi connectivity index (χ0v) is 11.6. The molecule has 20 heavy (non-hydrogen) atoms. The first-order valence-electron chi connectivity index (χ1n) is 5.78. The van der Waals surface area contributed by atoms with Crippen LogP contribution in [0.25, 0.3) is 0 Å². The summed E-state index contributed by atoms with van der Waals surface area (Å²) in [5, 5.41) is 6.17. The number of H-pyrrole nitrogens is 1. The Morgan fingerprint density at radius 1 is 1.30 bits per heavy atom. The molecule has 2 N–H and O–H groups in total. The Labute approximate surface area is 115 Å². The number of aromatic amines is 1. The zero-order chi connectivity index (χ0) is 14.9. The monoisotopic (exact) mass is 301 g/mol. The maximum absolute atomic E-state index is 13.1. The third-order valence-electron chi connectivity index (χ3n) is 2.85. The third kappa shape index (κ3) is 2.86. The van der Waals surface area contributed by atoms with Gasteiger partial charge in [0.05, 0.1) is 11.9 Å². The molecule has 2 aromatic rings. The highest BCUT2D eigenvalue weighted by Gasteiger charge is 2.22.